The summed E-state index contributed by atoms with van der Waals surface area (Å²) in [5.41, 5.74) is 6.38. The lowest BCUT2D eigenvalue weighted by Gasteiger charge is -2.45. The lowest BCUT2D eigenvalue weighted by molar-refractivity contribution is 0.0649. The van der Waals surface area contributed by atoms with Crippen molar-refractivity contribution < 1.29 is 0 Å². The highest BCUT2D eigenvalue weighted by molar-refractivity contribution is 4.91. The first kappa shape index (κ1) is 9.47. The van der Waals surface area contributed by atoms with Gasteiger partial charge in [-0.3, -0.25) is 0 Å². The van der Waals surface area contributed by atoms with E-state index in [2.05, 4.69) is 4.90 Å². The molecule has 1 saturated heterocycles. The summed E-state index contributed by atoms with van der Waals surface area (Å²) in [5, 5.41) is 0. The normalized spacial score (nSPS) is 28.4. The van der Waals surface area contributed by atoms with Gasteiger partial charge >= 0.3 is 0 Å². The molecule has 0 bridgehead atoms. The molecule has 0 spiro atoms. The molecule has 2 heteroatoms. The van der Waals surface area contributed by atoms with Crippen LogP contribution in [0.2, 0.25) is 0 Å². The molecule has 0 aromatic rings. The van der Waals surface area contributed by atoms with Crippen molar-refractivity contribution in [1.29, 1.82) is 0 Å². The summed E-state index contributed by atoms with van der Waals surface area (Å²) in [6.07, 6.45) is 8.40. The average Bonchev–Trinajstić information content (AvgIpc) is 2.13. The lowest BCUT2D eigenvalue weighted by atomic mass is 9.68. The van der Waals surface area contributed by atoms with Crippen LogP contribution in [0.5, 0.6) is 0 Å². The Bertz CT molecular complexity index is 152. The molecule has 2 aliphatic rings. The molecule has 1 aliphatic carbocycles. The number of nitrogens with two attached hydrogens (primary N) is 1. The fraction of sp³-hybridized carbons (Fsp3) is 1.00. The van der Waals surface area contributed by atoms with Crippen LogP contribution in [0, 0.1) is 5.41 Å². The maximum atomic E-state index is 5.86. The number of nitrogens with zero attached hydrogens (tertiary/aromatic N) is 1. The molecule has 13 heavy (non-hydrogen) atoms. The van der Waals surface area contributed by atoms with Crippen LogP contribution in [0.1, 0.15) is 38.5 Å². The first-order valence-corrected chi connectivity index (χ1v) is 5.77. The van der Waals surface area contributed by atoms with Gasteiger partial charge in [-0.25, -0.2) is 0 Å². The third-order valence-electron chi connectivity index (χ3n) is 3.85. The van der Waals surface area contributed by atoms with Gasteiger partial charge in [0.15, 0.2) is 0 Å². The highest BCUT2D eigenvalue weighted by Crippen LogP contribution is 2.40. The topological polar surface area (TPSA) is 29.3 Å². The van der Waals surface area contributed by atoms with E-state index in [1.165, 1.54) is 58.2 Å². The van der Waals surface area contributed by atoms with Gasteiger partial charge in [0.25, 0.3) is 0 Å². The SMILES string of the molecule is NCC1(CN2CCCCC2)CCC1. The first-order valence-electron chi connectivity index (χ1n) is 5.77. The molecule has 76 valence electrons. The quantitative estimate of drug-likeness (QED) is 0.718. The number of hydrogen-bond donors (Lipinski definition) is 1. The molecule has 2 nitrogen and oxygen atoms in total. The molecule has 0 unspecified atom stereocenters. The number of hydrogen-bond acceptors (Lipinski definition) is 2. The third kappa shape index (κ3) is 2.05. The van der Waals surface area contributed by atoms with E-state index in [4.69, 9.17) is 5.73 Å². The van der Waals surface area contributed by atoms with Crippen molar-refractivity contribution in [3.05, 3.63) is 0 Å². The molecule has 2 fully saturated rings. The van der Waals surface area contributed by atoms with Gasteiger partial charge in [-0.1, -0.05) is 12.8 Å². The average molecular weight is 182 g/mol. The summed E-state index contributed by atoms with van der Waals surface area (Å²) in [5.74, 6) is 0. The Morgan fingerprint density at radius 3 is 2.15 bits per heavy atom. The van der Waals surface area contributed by atoms with E-state index in [0.717, 1.165) is 6.54 Å². The van der Waals surface area contributed by atoms with Crippen molar-refractivity contribution in [3.63, 3.8) is 0 Å². The van der Waals surface area contributed by atoms with E-state index in [0.29, 0.717) is 5.41 Å². The van der Waals surface area contributed by atoms with Crippen molar-refractivity contribution in [2.75, 3.05) is 26.2 Å². The van der Waals surface area contributed by atoms with Gasteiger partial charge < -0.3 is 10.6 Å². The fourth-order valence-corrected chi connectivity index (χ4v) is 2.70. The Morgan fingerprint density at radius 1 is 1.00 bits per heavy atom. The summed E-state index contributed by atoms with van der Waals surface area (Å²) in [6.45, 7) is 4.83. The smallest absolute Gasteiger partial charge is 0.00501 e. The molecular formula is C11H22N2. The minimum Gasteiger partial charge on any atom is -0.330 e. The maximum Gasteiger partial charge on any atom is 0.00501 e. The molecule has 1 aliphatic heterocycles. The van der Waals surface area contributed by atoms with Crippen LogP contribution in [0.15, 0.2) is 0 Å². The highest BCUT2D eigenvalue weighted by atomic mass is 15.1. The maximum absolute atomic E-state index is 5.86. The Hall–Kier alpha value is -0.0800. The van der Waals surface area contributed by atoms with E-state index < -0.39 is 0 Å². The van der Waals surface area contributed by atoms with Gasteiger partial charge in [0.1, 0.15) is 0 Å². The van der Waals surface area contributed by atoms with Crippen LogP contribution in [-0.4, -0.2) is 31.1 Å². The second kappa shape index (κ2) is 3.97. The summed E-state index contributed by atoms with van der Waals surface area (Å²) >= 11 is 0. The van der Waals surface area contributed by atoms with Crippen LogP contribution in [0.25, 0.3) is 0 Å². The van der Waals surface area contributed by atoms with Gasteiger partial charge in [0.2, 0.25) is 0 Å². The van der Waals surface area contributed by atoms with Crippen LogP contribution in [-0.2, 0) is 0 Å². The van der Waals surface area contributed by atoms with Crippen LogP contribution in [0.4, 0.5) is 0 Å². The molecule has 0 atom stereocenters. The summed E-state index contributed by atoms with van der Waals surface area (Å²) in [6, 6.07) is 0. The zero-order valence-corrected chi connectivity index (χ0v) is 8.60. The first-order chi connectivity index (χ1) is 6.35. The van der Waals surface area contributed by atoms with E-state index in [9.17, 15) is 0 Å². The summed E-state index contributed by atoms with van der Waals surface area (Å²) in [4.78, 5) is 2.63. The molecule has 0 aromatic carbocycles. The van der Waals surface area contributed by atoms with Crippen molar-refractivity contribution in [3.8, 4) is 0 Å². The zero-order valence-electron chi connectivity index (χ0n) is 8.60. The number of rotatable bonds is 3. The Morgan fingerprint density at radius 2 is 1.69 bits per heavy atom. The standard InChI is InChI=1S/C11H22N2/c12-9-11(5-4-6-11)10-13-7-2-1-3-8-13/h1-10,12H2. The van der Waals surface area contributed by atoms with Crippen LogP contribution < -0.4 is 5.73 Å². The van der Waals surface area contributed by atoms with Crippen LogP contribution in [0.3, 0.4) is 0 Å². The Balaban J connectivity index is 1.81. The van der Waals surface area contributed by atoms with Gasteiger partial charge in [-0.15, -0.1) is 0 Å². The molecule has 2 N–H and O–H groups in total. The van der Waals surface area contributed by atoms with E-state index >= 15 is 0 Å². The third-order valence-corrected chi connectivity index (χ3v) is 3.85. The van der Waals surface area contributed by atoms with Crippen molar-refractivity contribution in [2.24, 2.45) is 11.1 Å². The predicted octanol–water partition coefficient (Wildman–Crippen LogP) is 1.60. The summed E-state index contributed by atoms with van der Waals surface area (Å²) < 4.78 is 0. The van der Waals surface area contributed by atoms with Gasteiger partial charge in [-0.05, 0) is 50.7 Å². The second-order valence-electron chi connectivity index (χ2n) is 4.89. The van der Waals surface area contributed by atoms with Gasteiger partial charge in [-0.2, -0.15) is 0 Å². The number of piperidine rings is 1. The Labute approximate surface area is 81.5 Å². The van der Waals surface area contributed by atoms with E-state index in [1.807, 2.05) is 0 Å². The minimum atomic E-state index is 0.525. The monoisotopic (exact) mass is 182 g/mol. The minimum absolute atomic E-state index is 0.525. The Kier molecular flexibility index (Phi) is 2.89. The van der Waals surface area contributed by atoms with Crippen molar-refractivity contribution in [1.82, 2.24) is 4.90 Å². The molecular weight excluding hydrogens is 160 g/mol. The lowest BCUT2D eigenvalue weighted by Crippen LogP contribution is -2.48. The number of likely N-dealkylation sites (tertiary alicyclic amines) is 1. The molecule has 0 radical (unpaired) electrons. The van der Waals surface area contributed by atoms with Crippen molar-refractivity contribution >= 4 is 0 Å². The molecule has 0 amide bonds. The largest absolute Gasteiger partial charge is 0.330 e. The predicted molar refractivity (Wildman–Crippen MR) is 55.6 cm³/mol. The summed E-state index contributed by atoms with van der Waals surface area (Å²) in [7, 11) is 0. The van der Waals surface area contributed by atoms with Crippen molar-refractivity contribution in [2.45, 2.75) is 38.5 Å². The molecule has 2 rings (SSSR count). The second-order valence-corrected chi connectivity index (χ2v) is 4.89. The molecule has 1 saturated carbocycles. The van der Waals surface area contributed by atoms with Gasteiger partial charge in [0.05, 0.1) is 0 Å². The molecule has 0 aromatic heterocycles. The van der Waals surface area contributed by atoms with Gasteiger partial charge in [0, 0.05) is 6.54 Å². The molecule has 1 heterocycles. The van der Waals surface area contributed by atoms with Crippen LogP contribution >= 0.6 is 0 Å². The fourth-order valence-electron chi connectivity index (χ4n) is 2.70. The van der Waals surface area contributed by atoms with E-state index in [1.54, 1.807) is 0 Å². The zero-order chi connectivity index (χ0) is 9.15. The van der Waals surface area contributed by atoms with E-state index in [-0.39, 0.29) is 0 Å². The highest BCUT2D eigenvalue weighted by Gasteiger charge is 2.37.